The summed E-state index contributed by atoms with van der Waals surface area (Å²) in [5.41, 5.74) is 2.35. The van der Waals surface area contributed by atoms with Gasteiger partial charge in [-0.1, -0.05) is 18.2 Å². The van der Waals surface area contributed by atoms with Crippen molar-refractivity contribution in [3.8, 4) is 0 Å². The molecule has 162 valence electrons. The van der Waals surface area contributed by atoms with E-state index in [-0.39, 0.29) is 18.0 Å². The number of benzene rings is 2. The zero-order valence-electron chi connectivity index (χ0n) is 17.8. The Morgan fingerprint density at radius 2 is 1.65 bits per heavy atom. The van der Waals surface area contributed by atoms with Crippen molar-refractivity contribution in [2.24, 2.45) is 0 Å². The molecular formula is C22H27N7O2. The van der Waals surface area contributed by atoms with Crippen molar-refractivity contribution in [3.63, 3.8) is 0 Å². The first-order valence-corrected chi connectivity index (χ1v) is 10.0. The molecule has 3 aromatic rings. The number of rotatable bonds is 8. The summed E-state index contributed by atoms with van der Waals surface area (Å²) in [7, 11) is 2.00. The van der Waals surface area contributed by atoms with Gasteiger partial charge in [0.25, 0.3) is 0 Å². The zero-order valence-corrected chi connectivity index (χ0v) is 17.8. The highest BCUT2D eigenvalue weighted by Gasteiger charge is 2.15. The second-order valence-electron chi connectivity index (χ2n) is 7.25. The van der Waals surface area contributed by atoms with Crippen molar-refractivity contribution in [2.75, 3.05) is 29.1 Å². The number of hydrogen-bond acceptors (Lipinski definition) is 5. The number of para-hydroxylation sites is 1. The van der Waals surface area contributed by atoms with Gasteiger partial charge in [-0.15, -0.1) is 0 Å². The fraction of sp³-hybridized carbons (Fsp3) is 0.273. The third kappa shape index (κ3) is 6.05. The number of anilines is 3. The van der Waals surface area contributed by atoms with Gasteiger partial charge < -0.3 is 20.9 Å². The van der Waals surface area contributed by atoms with Crippen molar-refractivity contribution >= 4 is 29.0 Å². The number of hydrogen-bond donors (Lipinski definition) is 3. The Morgan fingerprint density at radius 3 is 2.26 bits per heavy atom. The molecular weight excluding hydrogens is 394 g/mol. The summed E-state index contributed by atoms with van der Waals surface area (Å²) < 4.78 is 1.48. The van der Waals surface area contributed by atoms with Gasteiger partial charge in [0.15, 0.2) is 0 Å². The van der Waals surface area contributed by atoms with Gasteiger partial charge in [0.05, 0.1) is 0 Å². The monoisotopic (exact) mass is 421 g/mol. The molecule has 1 aromatic heterocycles. The average Bonchev–Trinajstić information content (AvgIpc) is 3.33. The fourth-order valence-corrected chi connectivity index (χ4v) is 2.89. The van der Waals surface area contributed by atoms with Crippen molar-refractivity contribution in [1.29, 1.82) is 0 Å². The van der Waals surface area contributed by atoms with Crippen molar-refractivity contribution in [1.82, 2.24) is 20.1 Å². The molecule has 3 N–H and O–H groups in total. The highest BCUT2D eigenvalue weighted by molar-refractivity contribution is 5.94. The summed E-state index contributed by atoms with van der Waals surface area (Å²) in [5, 5.41) is 12.5. The lowest BCUT2D eigenvalue weighted by Crippen LogP contribution is -2.41. The Bertz CT molecular complexity index is 975. The van der Waals surface area contributed by atoms with Crippen LogP contribution in [0.4, 0.5) is 21.9 Å². The fourth-order valence-electron chi connectivity index (χ4n) is 2.89. The predicted molar refractivity (Wildman–Crippen MR) is 121 cm³/mol. The molecule has 0 spiro atoms. The van der Waals surface area contributed by atoms with Gasteiger partial charge in [0, 0.05) is 36.7 Å². The third-order valence-electron chi connectivity index (χ3n) is 5.01. The maximum Gasteiger partial charge on any atom is 0.319 e. The largest absolute Gasteiger partial charge is 0.370 e. The molecule has 2 atom stereocenters. The molecule has 3 rings (SSSR count). The number of urea groups is 1. The van der Waals surface area contributed by atoms with Crippen LogP contribution in [0.1, 0.15) is 19.9 Å². The normalized spacial score (nSPS) is 12.5. The number of amides is 3. The van der Waals surface area contributed by atoms with Crippen LogP contribution >= 0.6 is 0 Å². The SMILES string of the molecule is CC(CNC(=O)Nc1ccc(NC(=O)C(C)n2cncn2)cc1)N(C)c1ccccc1. The van der Waals surface area contributed by atoms with E-state index < -0.39 is 6.04 Å². The van der Waals surface area contributed by atoms with Crippen LogP contribution in [0, 0.1) is 0 Å². The lowest BCUT2D eigenvalue weighted by atomic mass is 10.2. The summed E-state index contributed by atoms with van der Waals surface area (Å²) >= 11 is 0. The van der Waals surface area contributed by atoms with Gasteiger partial charge in [0.1, 0.15) is 18.7 Å². The number of nitrogens with one attached hydrogen (secondary N) is 3. The second-order valence-corrected chi connectivity index (χ2v) is 7.25. The van der Waals surface area contributed by atoms with E-state index in [2.05, 4.69) is 30.9 Å². The van der Waals surface area contributed by atoms with Crippen LogP contribution in [-0.2, 0) is 4.79 Å². The minimum Gasteiger partial charge on any atom is -0.370 e. The molecule has 9 heteroatoms. The minimum absolute atomic E-state index is 0.123. The molecule has 0 saturated heterocycles. The number of nitrogens with zero attached hydrogens (tertiary/aromatic N) is 4. The standard InChI is InChI=1S/C22H27N7O2/c1-16(28(3)20-7-5-4-6-8-20)13-24-22(31)27-19-11-9-18(10-12-19)26-21(30)17(2)29-15-23-14-25-29/h4-12,14-17H,13H2,1-3H3,(H,26,30)(H2,24,27,31). The maximum atomic E-state index is 12.3. The number of carbonyl (C=O) groups excluding carboxylic acids is 2. The summed E-state index contributed by atoms with van der Waals surface area (Å²) in [5.74, 6) is -0.208. The summed E-state index contributed by atoms with van der Waals surface area (Å²) in [6, 6.07) is 16.3. The smallest absolute Gasteiger partial charge is 0.319 e. The molecule has 0 aliphatic rings. The molecule has 0 saturated carbocycles. The Kier molecular flexibility index (Phi) is 7.21. The van der Waals surface area contributed by atoms with Gasteiger partial charge in [-0.3, -0.25) is 4.79 Å². The van der Waals surface area contributed by atoms with E-state index in [1.54, 1.807) is 31.2 Å². The summed E-state index contributed by atoms with van der Waals surface area (Å²) in [6.07, 6.45) is 2.88. The molecule has 0 radical (unpaired) electrons. The van der Waals surface area contributed by atoms with E-state index >= 15 is 0 Å². The molecule has 1 heterocycles. The first-order valence-electron chi connectivity index (χ1n) is 10.0. The molecule has 3 amide bonds. The number of likely N-dealkylation sites (N-methyl/N-ethyl adjacent to an activating group) is 1. The third-order valence-corrected chi connectivity index (χ3v) is 5.01. The van der Waals surface area contributed by atoms with E-state index in [9.17, 15) is 9.59 Å². The van der Waals surface area contributed by atoms with Crippen molar-refractivity contribution in [2.45, 2.75) is 25.9 Å². The zero-order chi connectivity index (χ0) is 22.2. The van der Waals surface area contributed by atoms with Crippen LogP contribution in [0.25, 0.3) is 0 Å². The number of carbonyl (C=O) groups is 2. The molecule has 0 fully saturated rings. The molecule has 9 nitrogen and oxygen atoms in total. The second kappa shape index (κ2) is 10.2. The number of aromatic nitrogens is 3. The van der Waals surface area contributed by atoms with E-state index in [1.807, 2.05) is 44.3 Å². The Hall–Kier alpha value is -3.88. The predicted octanol–water partition coefficient (Wildman–Crippen LogP) is 3.12. The van der Waals surface area contributed by atoms with Gasteiger partial charge in [0.2, 0.25) is 5.91 Å². The Balaban J connectivity index is 1.46. The highest BCUT2D eigenvalue weighted by atomic mass is 16.2. The van der Waals surface area contributed by atoms with E-state index in [0.29, 0.717) is 17.9 Å². The Morgan fingerprint density at radius 1 is 1.00 bits per heavy atom. The van der Waals surface area contributed by atoms with Crippen LogP contribution in [0.15, 0.2) is 67.3 Å². The van der Waals surface area contributed by atoms with E-state index in [0.717, 1.165) is 5.69 Å². The molecule has 2 aromatic carbocycles. The molecule has 2 unspecified atom stereocenters. The summed E-state index contributed by atoms with van der Waals surface area (Å²) in [6.45, 7) is 4.27. The average molecular weight is 422 g/mol. The van der Waals surface area contributed by atoms with Crippen molar-refractivity contribution in [3.05, 3.63) is 67.3 Å². The lowest BCUT2D eigenvalue weighted by Gasteiger charge is -2.27. The minimum atomic E-state index is -0.484. The van der Waals surface area contributed by atoms with Crippen LogP contribution in [0.5, 0.6) is 0 Å². The van der Waals surface area contributed by atoms with E-state index in [4.69, 9.17) is 0 Å². The topological polar surface area (TPSA) is 104 Å². The van der Waals surface area contributed by atoms with Crippen LogP contribution < -0.4 is 20.9 Å². The lowest BCUT2D eigenvalue weighted by molar-refractivity contribution is -0.119. The van der Waals surface area contributed by atoms with Gasteiger partial charge in [-0.2, -0.15) is 5.10 Å². The first-order chi connectivity index (χ1) is 14.9. The maximum absolute atomic E-state index is 12.3. The quantitative estimate of drug-likeness (QED) is 0.518. The molecule has 0 aliphatic carbocycles. The molecule has 0 bridgehead atoms. The van der Waals surface area contributed by atoms with Crippen LogP contribution in [0.3, 0.4) is 0 Å². The van der Waals surface area contributed by atoms with Gasteiger partial charge in [-0.05, 0) is 50.2 Å². The van der Waals surface area contributed by atoms with Gasteiger partial charge >= 0.3 is 6.03 Å². The van der Waals surface area contributed by atoms with Crippen molar-refractivity contribution < 1.29 is 9.59 Å². The van der Waals surface area contributed by atoms with Crippen LogP contribution in [-0.4, -0.2) is 46.3 Å². The Labute approximate surface area is 181 Å². The molecule has 0 aliphatic heterocycles. The van der Waals surface area contributed by atoms with Crippen LogP contribution in [0.2, 0.25) is 0 Å². The van der Waals surface area contributed by atoms with Gasteiger partial charge in [-0.25, -0.2) is 14.5 Å². The van der Waals surface area contributed by atoms with E-state index in [1.165, 1.54) is 17.3 Å². The molecule has 31 heavy (non-hydrogen) atoms. The summed E-state index contributed by atoms with van der Waals surface area (Å²) in [4.78, 5) is 30.5. The highest BCUT2D eigenvalue weighted by Crippen LogP contribution is 2.16. The first kappa shape index (κ1) is 21.8.